The van der Waals surface area contributed by atoms with Crippen molar-refractivity contribution in [1.82, 2.24) is 0 Å². The van der Waals surface area contributed by atoms with Gasteiger partial charge in [-0.1, -0.05) is 0 Å². The molecule has 0 aromatic heterocycles. The highest BCUT2D eigenvalue weighted by atomic mass is 16.3. The molecule has 5 nitrogen and oxygen atoms in total. The summed E-state index contributed by atoms with van der Waals surface area (Å²) in [5.74, 6) is 0. The van der Waals surface area contributed by atoms with Gasteiger partial charge < -0.3 is 25.5 Å². The van der Waals surface area contributed by atoms with Crippen molar-refractivity contribution in [2.75, 3.05) is 13.2 Å². The van der Waals surface area contributed by atoms with Crippen LogP contribution < -0.4 is 0 Å². The van der Waals surface area contributed by atoms with Crippen LogP contribution >= 0.6 is 0 Å². The van der Waals surface area contributed by atoms with E-state index in [0.717, 1.165) is 0 Å². The summed E-state index contributed by atoms with van der Waals surface area (Å²) in [5, 5.41) is 45.9. The number of hydrogen-bond donors (Lipinski definition) is 5. The van der Waals surface area contributed by atoms with Gasteiger partial charge in [0, 0.05) is 13.2 Å². The molecule has 0 saturated carbocycles. The second kappa shape index (κ2) is 11.9. The van der Waals surface area contributed by atoms with Crippen molar-refractivity contribution in [2.24, 2.45) is 0 Å². The third kappa shape index (κ3) is 10.9. The van der Waals surface area contributed by atoms with E-state index in [-0.39, 0.29) is 13.2 Å². The van der Waals surface area contributed by atoms with E-state index < -0.39 is 18.3 Å². The monoisotopic (exact) mass is 264 g/mol. The molecule has 0 aliphatic rings. The van der Waals surface area contributed by atoms with Crippen molar-refractivity contribution < 1.29 is 25.5 Å². The van der Waals surface area contributed by atoms with Crippen LogP contribution in [0, 0.1) is 0 Å². The highest BCUT2D eigenvalue weighted by molar-refractivity contribution is 4.65. The first-order valence-electron chi connectivity index (χ1n) is 6.86. The largest absolute Gasteiger partial charge is 0.396 e. The highest BCUT2D eigenvalue weighted by Crippen LogP contribution is 2.13. The Balaban J connectivity index is 3.49. The van der Waals surface area contributed by atoms with Gasteiger partial charge in [0.15, 0.2) is 0 Å². The number of aliphatic hydroxyl groups excluding tert-OH is 5. The minimum atomic E-state index is -0.502. The molecule has 110 valence electrons. The molecule has 5 N–H and O–H groups in total. The molecule has 1 unspecified atom stereocenters. The lowest BCUT2D eigenvalue weighted by Gasteiger charge is -2.16. The maximum Gasteiger partial charge on any atom is 0.0542 e. The van der Waals surface area contributed by atoms with Gasteiger partial charge in [-0.05, 0) is 51.4 Å². The SMILES string of the molecule is OCCC[C@@H](O)CCC(O)CC[C@@H](O)CCCO. The molecule has 0 fully saturated rings. The van der Waals surface area contributed by atoms with Crippen molar-refractivity contribution in [3.63, 3.8) is 0 Å². The molecule has 0 aromatic rings. The molecule has 0 radical (unpaired) electrons. The second-order valence-corrected chi connectivity index (χ2v) is 4.85. The lowest BCUT2D eigenvalue weighted by Crippen LogP contribution is -2.16. The molecule has 0 aliphatic carbocycles. The fraction of sp³-hybridized carbons (Fsp3) is 1.00. The van der Waals surface area contributed by atoms with Crippen molar-refractivity contribution in [3.8, 4) is 0 Å². The van der Waals surface area contributed by atoms with Gasteiger partial charge in [0.25, 0.3) is 0 Å². The third-order valence-corrected chi connectivity index (χ3v) is 3.06. The standard InChI is InChI=1S/C13H28O5/c14-9-1-3-11(16)5-7-13(18)8-6-12(17)4-2-10-15/h11-18H,1-10H2/t11-,12+,13?. The van der Waals surface area contributed by atoms with Crippen LogP contribution in [0.5, 0.6) is 0 Å². The Morgan fingerprint density at radius 3 is 1.06 bits per heavy atom. The summed E-state index contributed by atoms with van der Waals surface area (Å²) in [7, 11) is 0. The zero-order valence-corrected chi connectivity index (χ0v) is 11.0. The third-order valence-electron chi connectivity index (χ3n) is 3.06. The second-order valence-electron chi connectivity index (χ2n) is 4.85. The van der Waals surface area contributed by atoms with Crippen molar-refractivity contribution in [2.45, 2.75) is 69.7 Å². The van der Waals surface area contributed by atoms with Gasteiger partial charge >= 0.3 is 0 Å². The van der Waals surface area contributed by atoms with Crippen molar-refractivity contribution >= 4 is 0 Å². The van der Waals surface area contributed by atoms with E-state index in [9.17, 15) is 15.3 Å². The van der Waals surface area contributed by atoms with Crippen LogP contribution in [0.25, 0.3) is 0 Å². The van der Waals surface area contributed by atoms with Gasteiger partial charge in [0.1, 0.15) is 0 Å². The normalized spacial score (nSPS) is 16.5. The molecule has 0 bridgehead atoms. The van der Waals surface area contributed by atoms with Crippen LogP contribution in [-0.4, -0.2) is 57.1 Å². The van der Waals surface area contributed by atoms with E-state index in [2.05, 4.69) is 0 Å². The van der Waals surface area contributed by atoms with E-state index in [0.29, 0.717) is 51.4 Å². The van der Waals surface area contributed by atoms with Crippen molar-refractivity contribution in [1.29, 1.82) is 0 Å². The van der Waals surface area contributed by atoms with Crippen LogP contribution in [0.4, 0.5) is 0 Å². The summed E-state index contributed by atoms with van der Waals surface area (Å²) in [5.41, 5.74) is 0. The Labute approximate surface area is 109 Å². The Kier molecular flexibility index (Phi) is 11.7. The summed E-state index contributed by atoms with van der Waals surface area (Å²) in [6, 6.07) is 0. The number of hydrogen-bond acceptors (Lipinski definition) is 5. The predicted octanol–water partition coefficient (Wildman–Crippen LogP) is 0.174. The Hall–Kier alpha value is -0.200. The van der Waals surface area contributed by atoms with Gasteiger partial charge in [0.05, 0.1) is 18.3 Å². The molecule has 0 saturated heterocycles. The highest BCUT2D eigenvalue weighted by Gasteiger charge is 2.11. The van der Waals surface area contributed by atoms with E-state index in [1.54, 1.807) is 0 Å². The molecular weight excluding hydrogens is 236 g/mol. The topological polar surface area (TPSA) is 101 Å². The minimum Gasteiger partial charge on any atom is -0.396 e. The van der Waals surface area contributed by atoms with Gasteiger partial charge in [-0.25, -0.2) is 0 Å². The quantitative estimate of drug-likeness (QED) is 0.346. The average Bonchev–Trinajstić information content (AvgIpc) is 2.37. The van der Waals surface area contributed by atoms with Crippen LogP contribution in [-0.2, 0) is 0 Å². The average molecular weight is 264 g/mol. The molecular formula is C13H28O5. The van der Waals surface area contributed by atoms with E-state index in [4.69, 9.17) is 10.2 Å². The Bertz CT molecular complexity index is 159. The molecule has 18 heavy (non-hydrogen) atoms. The van der Waals surface area contributed by atoms with Crippen LogP contribution in [0.3, 0.4) is 0 Å². The minimum absolute atomic E-state index is 0.0800. The molecule has 0 spiro atoms. The first-order valence-corrected chi connectivity index (χ1v) is 6.86. The van der Waals surface area contributed by atoms with Gasteiger partial charge in [-0.2, -0.15) is 0 Å². The van der Waals surface area contributed by atoms with Gasteiger partial charge in [-0.15, -0.1) is 0 Å². The lowest BCUT2D eigenvalue weighted by atomic mass is 10.0. The summed E-state index contributed by atoms with van der Waals surface area (Å²) >= 11 is 0. The van der Waals surface area contributed by atoms with E-state index >= 15 is 0 Å². The molecule has 5 heteroatoms. The smallest absolute Gasteiger partial charge is 0.0542 e. The first-order chi connectivity index (χ1) is 8.60. The number of aliphatic hydroxyl groups is 5. The summed E-state index contributed by atoms with van der Waals surface area (Å²) in [4.78, 5) is 0. The number of rotatable bonds is 12. The lowest BCUT2D eigenvalue weighted by molar-refractivity contribution is 0.0793. The fourth-order valence-corrected chi connectivity index (χ4v) is 1.86. The molecule has 0 heterocycles. The van der Waals surface area contributed by atoms with E-state index in [1.807, 2.05) is 0 Å². The van der Waals surface area contributed by atoms with E-state index in [1.165, 1.54) is 0 Å². The molecule has 0 amide bonds. The van der Waals surface area contributed by atoms with Crippen LogP contribution in [0.15, 0.2) is 0 Å². The molecule has 3 atom stereocenters. The predicted molar refractivity (Wildman–Crippen MR) is 69.1 cm³/mol. The van der Waals surface area contributed by atoms with Gasteiger partial charge in [-0.3, -0.25) is 0 Å². The molecule has 0 rings (SSSR count). The van der Waals surface area contributed by atoms with Crippen LogP contribution in [0.1, 0.15) is 51.4 Å². The zero-order chi connectivity index (χ0) is 13.8. The van der Waals surface area contributed by atoms with Crippen LogP contribution in [0.2, 0.25) is 0 Å². The van der Waals surface area contributed by atoms with Gasteiger partial charge in [0.2, 0.25) is 0 Å². The Morgan fingerprint density at radius 2 is 0.778 bits per heavy atom. The maximum atomic E-state index is 9.68. The molecule has 0 aromatic carbocycles. The molecule has 0 aliphatic heterocycles. The fourth-order valence-electron chi connectivity index (χ4n) is 1.86. The maximum absolute atomic E-state index is 9.68. The summed E-state index contributed by atoms with van der Waals surface area (Å²) in [6.45, 7) is 0.160. The summed E-state index contributed by atoms with van der Waals surface area (Å²) in [6.07, 6.45) is 2.91. The zero-order valence-electron chi connectivity index (χ0n) is 11.0. The van der Waals surface area contributed by atoms with Crippen molar-refractivity contribution in [3.05, 3.63) is 0 Å². The first kappa shape index (κ1) is 17.8. The Morgan fingerprint density at radius 1 is 0.500 bits per heavy atom. The summed E-state index contributed by atoms with van der Waals surface area (Å²) < 4.78 is 0.